The first-order valence-corrected chi connectivity index (χ1v) is 12.4. The van der Waals surface area contributed by atoms with Crippen molar-refractivity contribution in [3.63, 3.8) is 0 Å². The zero-order valence-electron chi connectivity index (χ0n) is 20.5. The van der Waals surface area contributed by atoms with E-state index in [4.69, 9.17) is 5.11 Å². The summed E-state index contributed by atoms with van der Waals surface area (Å²) in [6, 6.07) is 32.4. The number of carboxylic acid groups (broad SMARTS) is 1. The third kappa shape index (κ3) is 5.72. The van der Waals surface area contributed by atoms with E-state index in [9.17, 15) is 4.79 Å². The molecule has 0 aromatic heterocycles. The Morgan fingerprint density at radius 1 is 0.972 bits per heavy atom. The molecular formula is C31H33ClN2O2. The van der Waals surface area contributed by atoms with Gasteiger partial charge in [-0.05, 0) is 77.4 Å². The summed E-state index contributed by atoms with van der Waals surface area (Å²) in [6.45, 7) is 3.13. The fraction of sp³-hybridized carbons (Fsp3) is 0.258. The number of aliphatic carboxylic acids is 1. The molecule has 0 aliphatic heterocycles. The number of anilines is 1. The zero-order chi connectivity index (χ0) is 24.2. The van der Waals surface area contributed by atoms with Crippen molar-refractivity contribution in [2.75, 3.05) is 18.4 Å². The minimum atomic E-state index is -0.857. The lowest BCUT2D eigenvalue weighted by Gasteiger charge is -2.33. The second-order valence-corrected chi connectivity index (χ2v) is 9.63. The van der Waals surface area contributed by atoms with Crippen LogP contribution in [-0.2, 0) is 11.2 Å². The van der Waals surface area contributed by atoms with Crippen molar-refractivity contribution in [1.82, 2.24) is 5.32 Å². The first kappa shape index (κ1) is 25.7. The van der Waals surface area contributed by atoms with Crippen LogP contribution in [0.25, 0.3) is 10.8 Å². The second-order valence-electron chi connectivity index (χ2n) is 9.63. The van der Waals surface area contributed by atoms with Gasteiger partial charge in [0.25, 0.3) is 0 Å². The summed E-state index contributed by atoms with van der Waals surface area (Å²) in [7, 11) is 0. The van der Waals surface area contributed by atoms with Gasteiger partial charge in [0, 0.05) is 17.6 Å². The van der Waals surface area contributed by atoms with Crippen molar-refractivity contribution in [3.8, 4) is 0 Å². The molecule has 0 spiro atoms. The SMILES string of the molecule is C[C@@H](NCC1Cc2ccccc2C(c2cccc(NCC(=O)O)c2)C1)c1cccc2ccccc12.Cl. The Morgan fingerprint density at radius 2 is 1.72 bits per heavy atom. The molecule has 2 unspecified atom stereocenters. The number of rotatable bonds is 8. The highest BCUT2D eigenvalue weighted by Gasteiger charge is 2.28. The van der Waals surface area contributed by atoms with Gasteiger partial charge in [-0.15, -0.1) is 12.4 Å². The maximum absolute atomic E-state index is 11.0. The molecule has 36 heavy (non-hydrogen) atoms. The van der Waals surface area contributed by atoms with Gasteiger partial charge < -0.3 is 15.7 Å². The number of halogens is 1. The van der Waals surface area contributed by atoms with Crippen molar-refractivity contribution >= 4 is 34.8 Å². The van der Waals surface area contributed by atoms with E-state index < -0.39 is 5.97 Å². The molecule has 0 fully saturated rings. The molecule has 4 nitrogen and oxygen atoms in total. The molecule has 4 aromatic rings. The van der Waals surface area contributed by atoms with Crippen LogP contribution in [0.4, 0.5) is 5.69 Å². The molecule has 0 bridgehead atoms. The third-order valence-electron chi connectivity index (χ3n) is 7.24. The fourth-order valence-electron chi connectivity index (χ4n) is 5.51. The normalized spacial score (nSPS) is 17.6. The van der Waals surface area contributed by atoms with Gasteiger partial charge in [-0.1, -0.05) is 78.9 Å². The van der Waals surface area contributed by atoms with E-state index in [2.05, 4.69) is 96.4 Å². The van der Waals surface area contributed by atoms with E-state index in [1.165, 1.54) is 33.0 Å². The highest BCUT2D eigenvalue weighted by Crippen LogP contribution is 2.40. The molecule has 4 aromatic carbocycles. The molecule has 0 saturated heterocycles. The molecule has 3 N–H and O–H groups in total. The number of carboxylic acids is 1. The van der Waals surface area contributed by atoms with Crippen LogP contribution in [-0.4, -0.2) is 24.2 Å². The van der Waals surface area contributed by atoms with E-state index >= 15 is 0 Å². The average Bonchev–Trinajstić information content (AvgIpc) is 2.90. The summed E-state index contributed by atoms with van der Waals surface area (Å²) in [5.74, 6) is -0.0426. The molecule has 5 heteroatoms. The Bertz CT molecular complexity index is 1330. The lowest BCUT2D eigenvalue weighted by molar-refractivity contribution is -0.134. The maximum atomic E-state index is 11.0. The van der Waals surface area contributed by atoms with E-state index in [0.29, 0.717) is 11.8 Å². The summed E-state index contributed by atoms with van der Waals surface area (Å²) < 4.78 is 0. The van der Waals surface area contributed by atoms with Crippen LogP contribution in [0, 0.1) is 5.92 Å². The number of hydrogen-bond donors (Lipinski definition) is 3. The molecule has 1 aliphatic carbocycles. The summed E-state index contributed by atoms with van der Waals surface area (Å²) in [5.41, 5.74) is 6.23. The fourth-order valence-corrected chi connectivity index (χ4v) is 5.51. The van der Waals surface area contributed by atoms with E-state index in [1.54, 1.807) is 0 Å². The van der Waals surface area contributed by atoms with Crippen molar-refractivity contribution < 1.29 is 9.90 Å². The Hall–Kier alpha value is -3.34. The maximum Gasteiger partial charge on any atom is 0.322 e. The number of fused-ring (bicyclic) bond motifs is 2. The smallest absolute Gasteiger partial charge is 0.322 e. The number of carbonyl (C=O) groups is 1. The van der Waals surface area contributed by atoms with Gasteiger partial charge in [0.15, 0.2) is 0 Å². The molecular weight excluding hydrogens is 468 g/mol. The highest BCUT2D eigenvalue weighted by atomic mass is 35.5. The molecule has 0 amide bonds. The Kier molecular flexibility index (Phi) is 8.29. The predicted octanol–water partition coefficient (Wildman–Crippen LogP) is 6.80. The predicted molar refractivity (Wildman–Crippen MR) is 150 cm³/mol. The van der Waals surface area contributed by atoms with Crippen molar-refractivity contribution in [1.29, 1.82) is 0 Å². The molecule has 1 aliphatic rings. The van der Waals surface area contributed by atoms with Gasteiger partial charge in [0.2, 0.25) is 0 Å². The number of nitrogens with one attached hydrogen (secondary N) is 2. The van der Waals surface area contributed by atoms with Gasteiger partial charge in [0.05, 0.1) is 0 Å². The molecule has 0 heterocycles. The van der Waals surface area contributed by atoms with Crippen LogP contribution in [0.2, 0.25) is 0 Å². The third-order valence-corrected chi connectivity index (χ3v) is 7.24. The second kappa shape index (κ2) is 11.6. The van der Waals surface area contributed by atoms with Gasteiger partial charge in [0.1, 0.15) is 6.54 Å². The standard InChI is InChI=1S/C31H32N2O2.ClH/c1-21(27-15-7-10-23-8-2-4-13-28(23)27)32-19-22-16-24-9-3-5-14-29(24)30(17-22)25-11-6-12-26(18-25)33-20-31(34)35;/h2-15,18,21-22,30,32-33H,16-17,19-20H2,1H3,(H,34,35);1H/t21-,22?,30?;/m1./s1. The minimum absolute atomic E-state index is 0. The van der Waals surface area contributed by atoms with Crippen LogP contribution in [0.1, 0.15) is 47.6 Å². The van der Waals surface area contributed by atoms with Crippen molar-refractivity contribution in [2.45, 2.75) is 31.7 Å². The molecule has 5 rings (SSSR count). The minimum Gasteiger partial charge on any atom is -0.480 e. The van der Waals surface area contributed by atoms with Crippen molar-refractivity contribution in [2.24, 2.45) is 5.92 Å². The summed E-state index contributed by atoms with van der Waals surface area (Å²) in [6.07, 6.45) is 2.13. The van der Waals surface area contributed by atoms with E-state index in [1.807, 2.05) is 12.1 Å². The largest absolute Gasteiger partial charge is 0.480 e. The van der Waals surface area contributed by atoms with E-state index in [-0.39, 0.29) is 25.0 Å². The Balaban J connectivity index is 0.00000304. The van der Waals surface area contributed by atoms with Gasteiger partial charge in [-0.2, -0.15) is 0 Å². The first-order chi connectivity index (χ1) is 17.1. The van der Waals surface area contributed by atoms with E-state index in [0.717, 1.165) is 25.1 Å². The van der Waals surface area contributed by atoms with Crippen LogP contribution in [0.15, 0.2) is 91.0 Å². The van der Waals surface area contributed by atoms with Crippen LogP contribution < -0.4 is 10.6 Å². The van der Waals surface area contributed by atoms with Crippen LogP contribution >= 0.6 is 12.4 Å². The Morgan fingerprint density at radius 3 is 2.58 bits per heavy atom. The Labute approximate surface area is 219 Å². The van der Waals surface area contributed by atoms with Gasteiger partial charge >= 0.3 is 5.97 Å². The number of hydrogen-bond acceptors (Lipinski definition) is 3. The zero-order valence-corrected chi connectivity index (χ0v) is 21.3. The summed E-state index contributed by atoms with van der Waals surface area (Å²) >= 11 is 0. The lowest BCUT2D eigenvalue weighted by Crippen LogP contribution is -2.31. The molecule has 0 radical (unpaired) electrons. The molecule has 3 atom stereocenters. The van der Waals surface area contributed by atoms with Crippen molar-refractivity contribution in [3.05, 3.63) is 113 Å². The summed E-state index contributed by atoms with van der Waals surface area (Å²) in [4.78, 5) is 11.0. The van der Waals surface area contributed by atoms with Crippen LogP contribution in [0.5, 0.6) is 0 Å². The quantitative estimate of drug-likeness (QED) is 0.249. The monoisotopic (exact) mass is 500 g/mol. The molecule has 186 valence electrons. The van der Waals surface area contributed by atoms with Gasteiger partial charge in [-0.3, -0.25) is 4.79 Å². The van der Waals surface area contributed by atoms with Gasteiger partial charge in [-0.25, -0.2) is 0 Å². The average molecular weight is 501 g/mol. The first-order valence-electron chi connectivity index (χ1n) is 12.4. The summed E-state index contributed by atoms with van der Waals surface area (Å²) in [5, 5.41) is 18.5. The topological polar surface area (TPSA) is 61.4 Å². The number of benzene rings is 4. The lowest BCUT2D eigenvalue weighted by atomic mass is 9.74. The van der Waals surface area contributed by atoms with Crippen LogP contribution in [0.3, 0.4) is 0 Å². The molecule has 0 saturated carbocycles. The highest BCUT2D eigenvalue weighted by molar-refractivity contribution is 5.86.